The van der Waals surface area contributed by atoms with Crippen LogP contribution in [0.5, 0.6) is 0 Å². The summed E-state index contributed by atoms with van der Waals surface area (Å²) in [7, 11) is 0. The van der Waals surface area contributed by atoms with E-state index in [1.54, 1.807) is 0 Å². The Hall–Kier alpha value is -1.05. The first-order chi connectivity index (χ1) is 7.79. The van der Waals surface area contributed by atoms with Gasteiger partial charge in [0.15, 0.2) is 0 Å². The Bertz CT molecular complexity index is 270. The second-order valence-corrected chi connectivity index (χ2v) is 4.20. The maximum absolute atomic E-state index is 11.8. The third-order valence-electron chi connectivity index (χ3n) is 3.02. The van der Waals surface area contributed by atoms with Crippen LogP contribution in [0.1, 0.15) is 46.0 Å². The van der Waals surface area contributed by atoms with Crippen LogP contribution in [0.25, 0.3) is 0 Å². The first kappa shape index (κ1) is 13.0. The highest BCUT2D eigenvalue weighted by atomic mass is 16.5. The van der Waals surface area contributed by atoms with Crippen LogP contribution in [0.3, 0.4) is 0 Å². The molecule has 0 heterocycles. The van der Waals surface area contributed by atoms with Crippen LogP contribution < -0.4 is 0 Å². The fourth-order valence-corrected chi connectivity index (χ4v) is 2.20. The standard InChI is InChI=1S/C14H22O2/c1-3-5-11-13(14(15)16-4-2)12-9-7-6-8-10-12/h3,5,11-12H,4,6-10H2,1-2H3/b5-3+,13-11+. The van der Waals surface area contributed by atoms with Gasteiger partial charge in [0.2, 0.25) is 0 Å². The molecule has 0 radical (unpaired) electrons. The van der Waals surface area contributed by atoms with Crippen LogP contribution in [-0.4, -0.2) is 12.6 Å². The Morgan fingerprint density at radius 1 is 1.31 bits per heavy atom. The van der Waals surface area contributed by atoms with Crippen molar-refractivity contribution in [1.29, 1.82) is 0 Å². The van der Waals surface area contributed by atoms with E-state index < -0.39 is 0 Å². The summed E-state index contributed by atoms with van der Waals surface area (Å²) in [5.41, 5.74) is 0.861. The smallest absolute Gasteiger partial charge is 0.334 e. The van der Waals surface area contributed by atoms with E-state index in [-0.39, 0.29) is 5.97 Å². The summed E-state index contributed by atoms with van der Waals surface area (Å²) in [5.74, 6) is 0.275. The highest BCUT2D eigenvalue weighted by Crippen LogP contribution is 2.30. The molecule has 0 spiro atoms. The molecule has 0 bridgehead atoms. The molecular formula is C14H22O2. The van der Waals surface area contributed by atoms with Crippen molar-refractivity contribution >= 4 is 5.97 Å². The lowest BCUT2D eigenvalue weighted by Gasteiger charge is -2.23. The van der Waals surface area contributed by atoms with Crippen LogP contribution >= 0.6 is 0 Å². The maximum atomic E-state index is 11.8. The minimum absolute atomic E-state index is 0.132. The van der Waals surface area contributed by atoms with Crippen molar-refractivity contribution in [3.63, 3.8) is 0 Å². The minimum Gasteiger partial charge on any atom is -0.463 e. The molecule has 0 atom stereocenters. The molecule has 1 fully saturated rings. The average molecular weight is 222 g/mol. The normalized spacial score (nSPS) is 19.0. The van der Waals surface area contributed by atoms with Crippen molar-refractivity contribution in [2.75, 3.05) is 6.61 Å². The first-order valence-electron chi connectivity index (χ1n) is 6.29. The summed E-state index contributed by atoms with van der Waals surface area (Å²) in [6.07, 6.45) is 11.8. The number of esters is 1. The fourth-order valence-electron chi connectivity index (χ4n) is 2.20. The van der Waals surface area contributed by atoms with Crippen molar-refractivity contribution in [3.8, 4) is 0 Å². The van der Waals surface area contributed by atoms with Gasteiger partial charge < -0.3 is 4.74 Å². The molecular weight excluding hydrogens is 200 g/mol. The van der Waals surface area contributed by atoms with E-state index in [1.165, 1.54) is 19.3 Å². The number of ether oxygens (including phenoxy) is 1. The van der Waals surface area contributed by atoms with Crippen LogP contribution in [0.15, 0.2) is 23.8 Å². The van der Waals surface area contributed by atoms with Crippen LogP contribution in [0.2, 0.25) is 0 Å². The molecule has 0 N–H and O–H groups in total. The number of carbonyl (C=O) groups excluding carboxylic acids is 1. The Kier molecular flexibility index (Phi) is 5.91. The van der Waals surface area contributed by atoms with Gasteiger partial charge in [-0.3, -0.25) is 0 Å². The van der Waals surface area contributed by atoms with Crippen molar-refractivity contribution in [3.05, 3.63) is 23.8 Å². The van der Waals surface area contributed by atoms with Crippen molar-refractivity contribution in [2.45, 2.75) is 46.0 Å². The summed E-state index contributed by atoms with van der Waals surface area (Å²) in [4.78, 5) is 11.8. The van der Waals surface area contributed by atoms with Gasteiger partial charge in [-0.15, -0.1) is 0 Å². The Morgan fingerprint density at radius 2 is 2.00 bits per heavy atom. The number of carbonyl (C=O) groups is 1. The highest BCUT2D eigenvalue weighted by molar-refractivity contribution is 5.89. The molecule has 16 heavy (non-hydrogen) atoms. The summed E-state index contributed by atoms with van der Waals surface area (Å²) >= 11 is 0. The zero-order chi connectivity index (χ0) is 11.8. The SMILES string of the molecule is C/C=C/C=C(/C(=O)OCC)C1CCCCC1. The van der Waals surface area contributed by atoms with E-state index in [1.807, 2.05) is 32.1 Å². The monoisotopic (exact) mass is 222 g/mol. The Labute approximate surface area is 98.4 Å². The minimum atomic E-state index is -0.132. The van der Waals surface area contributed by atoms with Gasteiger partial charge >= 0.3 is 5.97 Å². The topological polar surface area (TPSA) is 26.3 Å². The zero-order valence-electron chi connectivity index (χ0n) is 10.4. The van der Waals surface area contributed by atoms with E-state index in [0.717, 1.165) is 18.4 Å². The predicted octanol–water partition coefficient (Wildman–Crippen LogP) is 3.63. The van der Waals surface area contributed by atoms with Gasteiger partial charge in [0.05, 0.1) is 6.61 Å². The van der Waals surface area contributed by atoms with Crippen molar-refractivity contribution in [2.24, 2.45) is 5.92 Å². The molecule has 0 aromatic rings. The predicted molar refractivity (Wildman–Crippen MR) is 66.1 cm³/mol. The largest absolute Gasteiger partial charge is 0.463 e. The van der Waals surface area contributed by atoms with Crippen molar-refractivity contribution < 1.29 is 9.53 Å². The van der Waals surface area contributed by atoms with Gasteiger partial charge in [0, 0.05) is 5.57 Å². The van der Waals surface area contributed by atoms with E-state index >= 15 is 0 Å². The van der Waals surface area contributed by atoms with Gasteiger partial charge in [-0.25, -0.2) is 4.79 Å². The second kappa shape index (κ2) is 7.26. The quantitative estimate of drug-likeness (QED) is 0.412. The van der Waals surface area contributed by atoms with Gasteiger partial charge in [0.25, 0.3) is 0 Å². The number of rotatable bonds is 4. The Morgan fingerprint density at radius 3 is 2.56 bits per heavy atom. The summed E-state index contributed by atoms with van der Waals surface area (Å²) in [6, 6.07) is 0. The molecule has 2 heteroatoms. The van der Waals surface area contributed by atoms with E-state index in [0.29, 0.717) is 12.5 Å². The third kappa shape index (κ3) is 3.84. The molecule has 1 saturated carbocycles. The lowest BCUT2D eigenvalue weighted by atomic mass is 9.83. The van der Waals surface area contributed by atoms with E-state index in [2.05, 4.69) is 0 Å². The molecule has 1 rings (SSSR count). The molecule has 0 amide bonds. The zero-order valence-corrected chi connectivity index (χ0v) is 10.4. The van der Waals surface area contributed by atoms with Gasteiger partial charge in [-0.2, -0.15) is 0 Å². The highest BCUT2D eigenvalue weighted by Gasteiger charge is 2.23. The molecule has 0 aliphatic heterocycles. The van der Waals surface area contributed by atoms with Gasteiger partial charge in [-0.05, 0) is 32.6 Å². The van der Waals surface area contributed by atoms with Gasteiger partial charge in [-0.1, -0.05) is 37.5 Å². The lowest BCUT2D eigenvalue weighted by Crippen LogP contribution is -2.18. The molecule has 0 aromatic heterocycles. The summed E-state index contributed by atoms with van der Waals surface area (Å²) in [6.45, 7) is 4.27. The summed E-state index contributed by atoms with van der Waals surface area (Å²) < 4.78 is 5.11. The third-order valence-corrected chi connectivity index (χ3v) is 3.02. The molecule has 0 saturated heterocycles. The van der Waals surface area contributed by atoms with E-state index in [9.17, 15) is 4.79 Å². The number of allylic oxidation sites excluding steroid dienone is 3. The average Bonchev–Trinajstić information content (AvgIpc) is 2.31. The van der Waals surface area contributed by atoms with Crippen LogP contribution in [0, 0.1) is 5.92 Å². The molecule has 2 nitrogen and oxygen atoms in total. The lowest BCUT2D eigenvalue weighted by molar-refractivity contribution is -0.139. The fraction of sp³-hybridized carbons (Fsp3) is 0.643. The molecule has 90 valence electrons. The second-order valence-electron chi connectivity index (χ2n) is 4.20. The number of hydrogen-bond donors (Lipinski definition) is 0. The number of hydrogen-bond acceptors (Lipinski definition) is 2. The van der Waals surface area contributed by atoms with E-state index in [4.69, 9.17) is 4.74 Å². The molecule has 0 aromatic carbocycles. The van der Waals surface area contributed by atoms with Crippen LogP contribution in [0.4, 0.5) is 0 Å². The van der Waals surface area contributed by atoms with Gasteiger partial charge in [0.1, 0.15) is 0 Å². The maximum Gasteiger partial charge on any atom is 0.334 e. The molecule has 1 aliphatic rings. The summed E-state index contributed by atoms with van der Waals surface area (Å²) in [5, 5.41) is 0. The molecule has 1 aliphatic carbocycles. The van der Waals surface area contributed by atoms with Crippen LogP contribution in [-0.2, 0) is 9.53 Å². The first-order valence-corrected chi connectivity index (χ1v) is 6.29. The van der Waals surface area contributed by atoms with Crippen molar-refractivity contribution in [1.82, 2.24) is 0 Å². The Balaban J connectivity index is 2.72. The molecule has 0 unspecified atom stereocenters.